The average molecular weight is 365 g/mol. The molecule has 3 aromatic heterocycles. The molecule has 4 rings (SSSR count). The summed E-state index contributed by atoms with van der Waals surface area (Å²) in [4.78, 5) is 17.5. The van der Waals surface area contributed by atoms with E-state index >= 15 is 0 Å². The monoisotopic (exact) mass is 365 g/mol. The number of hydrogen-bond donors (Lipinski definition) is 0. The second-order valence-electron chi connectivity index (χ2n) is 5.56. The van der Waals surface area contributed by atoms with Gasteiger partial charge in [-0.15, -0.1) is 11.3 Å². The summed E-state index contributed by atoms with van der Waals surface area (Å²) in [6.07, 6.45) is 3.41. The van der Waals surface area contributed by atoms with Crippen LogP contribution in [-0.4, -0.2) is 20.7 Å². The summed E-state index contributed by atoms with van der Waals surface area (Å²) in [6, 6.07) is 15.2. The Balaban J connectivity index is 1.44. The Labute approximate surface area is 153 Å². The SMILES string of the molecule is Cc1sc(-c2ccco2)nc1C(=O)OCc1ccn(-c2ccccc2)n1. The van der Waals surface area contributed by atoms with Crippen molar-refractivity contribution in [2.45, 2.75) is 13.5 Å². The number of hydrogen-bond acceptors (Lipinski definition) is 6. The number of aromatic nitrogens is 3. The van der Waals surface area contributed by atoms with Gasteiger partial charge in [0.05, 0.1) is 12.0 Å². The third-order valence-electron chi connectivity index (χ3n) is 3.74. The Morgan fingerprint density at radius 2 is 2.04 bits per heavy atom. The van der Waals surface area contributed by atoms with E-state index in [0.717, 1.165) is 10.6 Å². The molecule has 0 bridgehead atoms. The van der Waals surface area contributed by atoms with Crippen molar-refractivity contribution in [1.82, 2.24) is 14.8 Å². The minimum atomic E-state index is -0.467. The molecule has 0 aliphatic heterocycles. The van der Waals surface area contributed by atoms with Crippen molar-refractivity contribution in [2.75, 3.05) is 0 Å². The van der Waals surface area contributed by atoms with E-state index in [1.54, 1.807) is 17.0 Å². The number of furan rings is 1. The minimum Gasteiger partial charge on any atom is -0.462 e. The molecule has 0 aliphatic carbocycles. The molecule has 1 aromatic carbocycles. The molecule has 0 N–H and O–H groups in total. The molecule has 0 aliphatic rings. The quantitative estimate of drug-likeness (QED) is 0.494. The summed E-state index contributed by atoms with van der Waals surface area (Å²) in [5, 5.41) is 5.08. The molecule has 4 aromatic rings. The van der Waals surface area contributed by atoms with Gasteiger partial charge in [0.25, 0.3) is 0 Å². The number of para-hydroxylation sites is 1. The number of esters is 1. The number of rotatable bonds is 5. The molecule has 0 amide bonds. The van der Waals surface area contributed by atoms with E-state index in [1.165, 1.54) is 11.3 Å². The van der Waals surface area contributed by atoms with Gasteiger partial charge in [0.1, 0.15) is 12.3 Å². The van der Waals surface area contributed by atoms with Crippen LogP contribution in [0.4, 0.5) is 0 Å². The summed E-state index contributed by atoms with van der Waals surface area (Å²) >= 11 is 1.40. The highest BCUT2D eigenvalue weighted by Crippen LogP contribution is 2.28. The highest BCUT2D eigenvalue weighted by molar-refractivity contribution is 7.15. The first-order valence-corrected chi connectivity index (χ1v) is 8.81. The third-order valence-corrected chi connectivity index (χ3v) is 4.72. The molecule has 0 saturated carbocycles. The summed E-state index contributed by atoms with van der Waals surface area (Å²) in [5.74, 6) is 0.171. The highest BCUT2D eigenvalue weighted by Gasteiger charge is 2.19. The van der Waals surface area contributed by atoms with Crippen molar-refractivity contribution < 1.29 is 13.9 Å². The largest absolute Gasteiger partial charge is 0.462 e. The predicted octanol–water partition coefficient (Wildman–Crippen LogP) is 4.25. The number of aryl methyl sites for hydroxylation is 1. The number of benzene rings is 1. The van der Waals surface area contributed by atoms with Crippen LogP contribution in [0.1, 0.15) is 21.1 Å². The first-order chi connectivity index (χ1) is 12.7. The number of ether oxygens (including phenoxy) is 1. The second kappa shape index (κ2) is 6.97. The number of carbonyl (C=O) groups excluding carboxylic acids is 1. The molecule has 6 nitrogen and oxygen atoms in total. The van der Waals surface area contributed by atoms with Crippen LogP contribution in [0.2, 0.25) is 0 Å². The fourth-order valence-electron chi connectivity index (χ4n) is 2.46. The van der Waals surface area contributed by atoms with E-state index in [2.05, 4.69) is 10.1 Å². The standard InChI is InChI=1S/C19H15N3O3S/c1-13-17(20-18(26-13)16-8-5-11-24-16)19(23)25-12-14-9-10-22(21-14)15-6-3-2-4-7-15/h2-11H,12H2,1H3. The molecule has 3 heterocycles. The molecule has 0 unspecified atom stereocenters. The number of carbonyl (C=O) groups is 1. The Morgan fingerprint density at radius 3 is 2.81 bits per heavy atom. The van der Waals surface area contributed by atoms with E-state index in [0.29, 0.717) is 22.2 Å². The molecular formula is C19H15N3O3S. The fraction of sp³-hybridized carbons (Fsp3) is 0.105. The fourth-order valence-corrected chi connectivity index (χ4v) is 3.33. The van der Waals surface area contributed by atoms with E-state index in [-0.39, 0.29) is 6.61 Å². The van der Waals surface area contributed by atoms with Crippen LogP contribution in [0.5, 0.6) is 0 Å². The Hall–Kier alpha value is -3.19. The second-order valence-corrected chi connectivity index (χ2v) is 6.77. The zero-order valence-corrected chi connectivity index (χ0v) is 14.8. The highest BCUT2D eigenvalue weighted by atomic mass is 32.1. The zero-order chi connectivity index (χ0) is 17.9. The van der Waals surface area contributed by atoms with Crippen LogP contribution in [0.3, 0.4) is 0 Å². The van der Waals surface area contributed by atoms with Crippen LogP contribution in [0.25, 0.3) is 16.5 Å². The topological polar surface area (TPSA) is 70.2 Å². The zero-order valence-electron chi connectivity index (χ0n) is 14.0. The smallest absolute Gasteiger partial charge is 0.358 e. The van der Waals surface area contributed by atoms with Crippen LogP contribution >= 0.6 is 11.3 Å². The van der Waals surface area contributed by atoms with Gasteiger partial charge in [0.2, 0.25) is 0 Å². The van der Waals surface area contributed by atoms with Crippen molar-refractivity contribution >= 4 is 17.3 Å². The first-order valence-electron chi connectivity index (χ1n) is 7.99. The molecule has 26 heavy (non-hydrogen) atoms. The van der Waals surface area contributed by atoms with Gasteiger partial charge in [-0.25, -0.2) is 14.5 Å². The maximum atomic E-state index is 12.4. The lowest BCUT2D eigenvalue weighted by Crippen LogP contribution is -2.07. The summed E-state index contributed by atoms with van der Waals surface area (Å²) in [5.41, 5.74) is 1.92. The maximum Gasteiger partial charge on any atom is 0.358 e. The lowest BCUT2D eigenvalue weighted by Gasteiger charge is -2.02. The normalized spacial score (nSPS) is 10.8. The first kappa shape index (κ1) is 16.3. The van der Waals surface area contributed by atoms with E-state index in [1.807, 2.05) is 55.6 Å². The summed E-state index contributed by atoms with van der Waals surface area (Å²) in [6.45, 7) is 1.93. The van der Waals surface area contributed by atoms with Gasteiger partial charge in [-0.3, -0.25) is 0 Å². The van der Waals surface area contributed by atoms with Crippen molar-refractivity contribution in [1.29, 1.82) is 0 Å². The van der Waals surface area contributed by atoms with E-state index in [4.69, 9.17) is 9.15 Å². The van der Waals surface area contributed by atoms with Gasteiger partial charge in [-0.05, 0) is 37.3 Å². The van der Waals surface area contributed by atoms with Gasteiger partial charge < -0.3 is 9.15 Å². The maximum absolute atomic E-state index is 12.4. The van der Waals surface area contributed by atoms with Gasteiger partial charge in [0.15, 0.2) is 16.5 Å². The van der Waals surface area contributed by atoms with Crippen molar-refractivity contribution in [3.8, 4) is 16.5 Å². The van der Waals surface area contributed by atoms with E-state index < -0.39 is 5.97 Å². The average Bonchev–Trinajstić information content (AvgIpc) is 3.41. The van der Waals surface area contributed by atoms with Gasteiger partial charge in [0, 0.05) is 11.1 Å². The molecule has 130 valence electrons. The molecule has 0 radical (unpaired) electrons. The number of nitrogens with zero attached hydrogens (tertiary/aromatic N) is 3. The molecular weight excluding hydrogens is 350 g/mol. The molecule has 0 saturated heterocycles. The minimum absolute atomic E-state index is 0.0890. The van der Waals surface area contributed by atoms with E-state index in [9.17, 15) is 4.79 Å². The van der Waals surface area contributed by atoms with Crippen molar-refractivity contribution in [3.63, 3.8) is 0 Å². The molecule has 0 fully saturated rings. The molecule has 7 heteroatoms. The van der Waals surface area contributed by atoms with Gasteiger partial charge >= 0.3 is 5.97 Å². The van der Waals surface area contributed by atoms with Crippen LogP contribution in [0, 0.1) is 6.92 Å². The number of thiazole rings is 1. The summed E-state index contributed by atoms with van der Waals surface area (Å²) < 4.78 is 12.4. The van der Waals surface area contributed by atoms with Gasteiger partial charge in [-0.2, -0.15) is 5.10 Å². The van der Waals surface area contributed by atoms with Gasteiger partial charge in [-0.1, -0.05) is 18.2 Å². The Bertz CT molecular complexity index is 1020. The van der Waals surface area contributed by atoms with Crippen LogP contribution < -0.4 is 0 Å². The van der Waals surface area contributed by atoms with Crippen molar-refractivity contribution in [3.05, 3.63) is 77.3 Å². The van der Waals surface area contributed by atoms with Crippen LogP contribution in [-0.2, 0) is 11.3 Å². The van der Waals surface area contributed by atoms with Crippen molar-refractivity contribution in [2.24, 2.45) is 0 Å². The lowest BCUT2D eigenvalue weighted by molar-refractivity contribution is 0.0460. The molecule has 0 spiro atoms. The molecule has 0 atom stereocenters. The van der Waals surface area contributed by atoms with Crippen LogP contribution in [0.15, 0.2) is 65.4 Å². The Kier molecular flexibility index (Phi) is 4.37. The summed E-state index contributed by atoms with van der Waals surface area (Å²) in [7, 11) is 0. The Morgan fingerprint density at radius 1 is 1.19 bits per heavy atom. The predicted molar refractivity (Wildman–Crippen MR) is 97.2 cm³/mol. The lowest BCUT2D eigenvalue weighted by atomic mass is 10.3. The third kappa shape index (κ3) is 3.29.